The molecule has 12 heteroatoms. The maximum Gasteiger partial charge on any atom is 0.284 e. The molecule has 1 aliphatic rings. The molecule has 0 radical (unpaired) electrons. The highest BCUT2D eigenvalue weighted by atomic mass is 32.2. The Balaban J connectivity index is 1.57. The predicted octanol–water partition coefficient (Wildman–Crippen LogP) is 3.05. The summed E-state index contributed by atoms with van der Waals surface area (Å²) in [7, 11) is -3.75. The van der Waals surface area contributed by atoms with Gasteiger partial charge in [-0.3, -0.25) is 14.5 Å². The number of H-pyrrole nitrogens is 1. The molecule has 0 bridgehead atoms. The standard InChI is InChI=1S/C18H16N6O4S2/c25-24(26)15-11-12(30(27,28)22-9-3-4-10-22)7-8-16(15)29-18-21-20-17-19-13-5-1-2-6-14(13)23(17)18/h1-2,5-8,11H,3-4,9-10H2,(H,19,20). The van der Waals surface area contributed by atoms with Crippen molar-refractivity contribution >= 4 is 44.3 Å². The van der Waals surface area contributed by atoms with Crippen LogP contribution in [-0.2, 0) is 10.0 Å². The van der Waals surface area contributed by atoms with E-state index in [1.165, 1.54) is 16.4 Å². The molecule has 10 nitrogen and oxygen atoms in total. The van der Waals surface area contributed by atoms with Crippen molar-refractivity contribution < 1.29 is 13.3 Å². The van der Waals surface area contributed by atoms with E-state index in [-0.39, 0.29) is 10.6 Å². The number of para-hydroxylation sites is 2. The van der Waals surface area contributed by atoms with Crippen LogP contribution in [0.4, 0.5) is 5.69 Å². The fourth-order valence-electron chi connectivity index (χ4n) is 3.57. The van der Waals surface area contributed by atoms with Crippen molar-refractivity contribution in [2.45, 2.75) is 27.8 Å². The molecule has 0 atom stereocenters. The summed E-state index contributed by atoms with van der Waals surface area (Å²) in [6.07, 6.45) is 1.59. The van der Waals surface area contributed by atoms with Crippen molar-refractivity contribution in [3.8, 4) is 0 Å². The topological polar surface area (TPSA) is 126 Å². The molecule has 0 spiro atoms. The van der Waals surface area contributed by atoms with Crippen molar-refractivity contribution in [1.29, 1.82) is 0 Å². The van der Waals surface area contributed by atoms with Gasteiger partial charge in [-0.2, -0.15) is 4.31 Å². The SMILES string of the molecule is O=[N+]([O-])c1cc(S(=O)(=O)N2CCCC2)ccc1Sc1n[nH]c2nc3ccccc3n12. The summed E-state index contributed by atoms with van der Waals surface area (Å²) in [6.45, 7) is 0.872. The molecule has 0 amide bonds. The summed E-state index contributed by atoms with van der Waals surface area (Å²) in [5.41, 5.74) is 1.31. The molecule has 2 aromatic carbocycles. The van der Waals surface area contributed by atoms with Crippen LogP contribution in [0.3, 0.4) is 0 Å². The number of imidazole rings is 1. The van der Waals surface area contributed by atoms with E-state index in [1.807, 2.05) is 24.3 Å². The minimum absolute atomic E-state index is 0.0688. The molecule has 30 heavy (non-hydrogen) atoms. The van der Waals surface area contributed by atoms with Crippen LogP contribution in [0.1, 0.15) is 12.8 Å². The third-order valence-electron chi connectivity index (χ3n) is 5.03. The van der Waals surface area contributed by atoms with Gasteiger partial charge in [-0.15, -0.1) is 5.10 Å². The van der Waals surface area contributed by atoms with E-state index in [4.69, 9.17) is 0 Å². The molecule has 4 aromatic rings. The Kier molecular flexibility index (Phi) is 4.49. The summed E-state index contributed by atoms with van der Waals surface area (Å²) < 4.78 is 28.7. The number of nitro benzene ring substituents is 1. The lowest BCUT2D eigenvalue weighted by molar-refractivity contribution is -0.388. The number of nitro groups is 1. The lowest BCUT2D eigenvalue weighted by atomic mass is 10.3. The maximum atomic E-state index is 12.8. The van der Waals surface area contributed by atoms with E-state index in [2.05, 4.69) is 15.2 Å². The molecule has 1 N–H and O–H groups in total. The molecule has 0 saturated carbocycles. The Morgan fingerprint density at radius 1 is 1.13 bits per heavy atom. The van der Waals surface area contributed by atoms with Crippen LogP contribution in [0.25, 0.3) is 16.8 Å². The van der Waals surface area contributed by atoms with Gasteiger partial charge in [0.15, 0.2) is 5.16 Å². The van der Waals surface area contributed by atoms with Crippen LogP contribution >= 0.6 is 11.8 Å². The first-order valence-corrected chi connectivity index (χ1v) is 11.5. The predicted molar refractivity (Wildman–Crippen MR) is 110 cm³/mol. The second-order valence-electron chi connectivity index (χ2n) is 6.87. The maximum absolute atomic E-state index is 12.8. The minimum Gasteiger partial charge on any atom is -0.258 e. The number of fused-ring (bicyclic) bond motifs is 3. The highest BCUT2D eigenvalue weighted by Crippen LogP contribution is 2.37. The summed E-state index contributed by atoms with van der Waals surface area (Å²) in [5.74, 6) is 0.523. The molecule has 1 saturated heterocycles. The number of aromatic amines is 1. The summed E-state index contributed by atoms with van der Waals surface area (Å²) in [4.78, 5) is 15.8. The molecular formula is C18H16N6O4S2. The minimum atomic E-state index is -3.75. The molecule has 1 fully saturated rings. The Bertz CT molecular complexity index is 1390. The molecule has 154 valence electrons. The van der Waals surface area contributed by atoms with Crippen molar-refractivity contribution in [3.05, 3.63) is 52.6 Å². The van der Waals surface area contributed by atoms with E-state index in [0.29, 0.717) is 28.9 Å². The summed E-state index contributed by atoms with van der Waals surface area (Å²) >= 11 is 1.08. The number of aromatic nitrogens is 4. The first-order chi connectivity index (χ1) is 14.4. The van der Waals surface area contributed by atoms with Crippen LogP contribution in [-0.4, -0.2) is 50.3 Å². The number of sulfonamides is 1. The van der Waals surface area contributed by atoms with Crippen LogP contribution in [0, 0.1) is 10.1 Å². The number of rotatable bonds is 5. The van der Waals surface area contributed by atoms with Gasteiger partial charge in [-0.05, 0) is 48.9 Å². The Hall–Kier alpha value is -2.96. The second kappa shape index (κ2) is 7.07. The fourth-order valence-corrected chi connectivity index (χ4v) is 6.05. The van der Waals surface area contributed by atoms with Crippen LogP contribution in [0.5, 0.6) is 0 Å². The number of hydrogen-bond acceptors (Lipinski definition) is 7. The molecule has 1 aliphatic heterocycles. The lowest BCUT2D eigenvalue weighted by Crippen LogP contribution is -2.27. The van der Waals surface area contributed by atoms with Crippen molar-refractivity contribution in [2.75, 3.05) is 13.1 Å². The van der Waals surface area contributed by atoms with Gasteiger partial charge in [-0.25, -0.2) is 18.5 Å². The molecule has 3 heterocycles. The van der Waals surface area contributed by atoms with Crippen molar-refractivity contribution in [3.63, 3.8) is 0 Å². The molecule has 5 rings (SSSR count). The number of hydrogen-bond donors (Lipinski definition) is 1. The van der Waals surface area contributed by atoms with Gasteiger partial charge in [0.25, 0.3) is 5.69 Å². The largest absolute Gasteiger partial charge is 0.284 e. The van der Waals surface area contributed by atoms with E-state index < -0.39 is 14.9 Å². The Labute approximate surface area is 175 Å². The van der Waals surface area contributed by atoms with E-state index >= 15 is 0 Å². The van der Waals surface area contributed by atoms with Gasteiger partial charge in [0, 0.05) is 19.2 Å². The van der Waals surface area contributed by atoms with Crippen molar-refractivity contribution in [1.82, 2.24) is 23.9 Å². The smallest absolute Gasteiger partial charge is 0.258 e. The molecule has 0 unspecified atom stereocenters. The average molecular weight is 444 g/mol. The van der Waals surface area contributed by atoms with E-state index in [9.17, 15) is 18.5 Å². The van der Waals surface area contributed by atoms with Crippen LogP contribution < -0.4 is 0 Å². The number of nitrogens with one attached hydrogen (secondary N) is 1. The van der Waals surface area contributed by atoms with Gasteiger partial charge in [0.1, 0.15) is 0 Å². The monoisotopic (exact) mass is 444 g/mol. The first kappa shape index (κ1) is 19.0. The lowest BCUT2D eigenvalue weighted by Gasteiger charge is -2.15. The number of benzene rings is 2. The summed E-state index contributed by atoms with van der Waals surface area (Å²) in [6, 6.07) is 11.5. The Morgan fingerprint density at radius 3 is 2.67 bits per heavy atom. The summed E-state index contributed by atoms with van der Waals surface area (Å²) in [5, 5.41) is 19.2. The quantitative estimate of drug-likeness (QED) is 0.370. The highest BCUT2D eigenvalue weighted by Gasteiger charge is 2.30. The number of nitrogens with zero attached hydrogens (tertiary/aromatic N) is 5. The second-order valence-corrected chi connectivity index (χ2v) is 9.81. The normalized spacial score (nSPS) is 15.3. The van der Waals surface area contributed by atoms with Gasteiger partial charge in [-0.1, -0.05) is 12.1 Å². The molecule has 2 aromatic heterocycles. The van der Waals surface area contributed by atoms with Crippen LogP contribution in [0.2, 0.25) is 0 Å². The third-order valence-corrected chi connectivity index (χ3v) is 7.95. The average Bonchev–Trinajstić information content (AvgIpc) is 3.46. The van der Waals surface area contributed by atoms with Crippen molar-refractivity contribution in [2.24, 2.45) is 0 Å². The van der Waals surface area contributed by atoms with Gasteiger partial charge in [0.2, 0.25) is 15.8 Å². The van der Waals surface area contributed by atoms with Gasteiger partial charge in [0.05, 0.1) is 25.7 Å². The zero-order valence-electron chi connectivity index (χ0n) is 15.6. The highest BCUT2D eigenvalue weighted by molar-refractivity contribution is 7.99. The van der Waals surface area contributed by atoms with E-state index in [0.717, 1.165) is 41.7 Å². The zero-order valence-corrected chi connectivity index (χ0v) is 17.2. The zero-order chi connectivity index (χ0) is 20.9. The van der Waals surface area contributed by atoms with E-state index in [1.54, 1.807) is 4.40 Å². The Morgan fingerprint density at radius 2 is 1.90 bits per heavy atom. The molecule has 0 aliphatic carbocycles. The molecular weight excluding hydrogens is 428 g/mol. The van der Waals surface area contributed by atoms with Crippen LogP contribution in [0.15, 0.2) is 57.4 Å². The van der Waals surface area contributed by atoms with Gasteiger partial charge >= 0.3 is 0 Å². The fraction of sp³-hybridized carbons (Fsp3) is 0.222. The van der Waals surface area contributed by atoms with Gasteiger partial charge < -0.3 is 0 Å². The third kappa shape index (κ3) is 3.04. The first-order valence-electron chi connectivity index (χ1n) is 9.23.